The summed E-state index contributed by atoms with van der Waals surface area (Å²) in [5.41, 5.74) is 0. The third-order valence-electron chi connectivity index (χ3n) is 14.8. The number of aliphatic hydroxyl groups is 2. The quantitative estimate of drug-likeness (QED) is 0.0321. The van der Waals surface area contributed by atoms with E-state index in [-0.39, 0.29) is 18.5 Å². The molecule has 0 saturated heterocycles. The molecule has 1 amide bonds. The number of amides is 1. The minimum Gasteiger partial charge on any atom is -0.466 e. The van der Waals surface area contributed by atoms with Crippen LogP contribution < -0.4 is 5.32 Å². The Morgan fingerprint density at radius 2 is 0.681 bits per heavy atom. The molecule has 0 spiro atoms. The van der Waals surface area contributed by atoms with Gasteiger partial charge < -0.3 is 20.3 Å². The molecule has 0 aromatic carbocycles. The standard InChI is InChI=1S/C63H123NO5/c1-3-5-7-9-11-13-14-37-41-45-49-53-57-63(68)69-58-54-50-46-42-38-35-33-31-29-27-25-23-21-19-17-15-16-18-20-22-24-26-28-30-32-34-36-40-44-48-52-56-62(67)64-60(59-65)61(66)55-51-47-43-39-12-10-8-6-4-2/h11,13,60-61,65-66H,3-10,12,14-59H2,1-2H3,(H,64,67)/b13-11-. The van der Waals surface area contributed by atoms with E-state index >= 15 is 0 Å². The maximum absolute atomic E-state index is 12.4. The largest absolute Gasteiger partial charge is 0.466 e. The highest BCUT2D eigenvalue weighted by atomic mass is 16.5. The highest BCUT2D eigenvalue weighted by Gasteiger charge is 2.20. The van der Waals surface area contributed by atoms with Gasteiger partial charge in [-0.1, -0.05) is 302 Å². The number of rotatable bonds is 59. The van der Waals surface area contributed by atoms with E-state index in [9.17, 15) is 19.8 Å². The number of ether oxygens (including phenoxy) is 1. The highest BCUT2D eigenvalue weighted by molar-refractivity contribution is 5.76. The van der Waals surface area contributed by atoms with Gasteiger partial charge in [0.25, 0.3) is 0 Å². The van der Waals surface area contributed by atoms with Crippen LogP contribution in [0.15, 0.2) is 12.2 Å². The molecule has 0 saturated carbocycles. The van der Waals surface area contributed by atoms with E-state index < -0.39 is 12.1 Å². The molecule has 0 aliphatic rings. The van der Waals surface area contributed by atoms with Crippen molar-refractivity contribution in [2.75, 3.05) is 13.2 Å². The lowest BCUT2D eigenvalue weighted by Crippen LogP contribution is -2.45. The SMILES string of the molecule is CCCCC/C=C\CCCCCCCC(=O)OCCCCCCCCCCCCCCCCCCCCCCCCCCCCCCCCCC(=O)NC(CO)C(O)CCCCCCCCCCC. The summed E-state index contributed by atoms with van der Waals surface area (Å²) < 4.78 is 5.47. The molecule has 2 unspecified atom stereocenters. The topological polar surface area (TPSA) is 95.9 Å². The van der Waals surface area contributed by atoms with Crippen LogP contribution >= 0.6 is 0 Å². The van der Waals surface area contributed by atoms with Gasteiger partial charge in [-0.25, -0.2) is 0 Å². The van der Waals surface area contributed by atoms with Crippen molar-refractivity contribution in [3.05, 3.63) is 12.2 Å². The van der Waals surface area contributed by atoms with Crippen molar-refractivity contribution in [2.45, 2.75) is 366 Å². The van der Waals surface area contributed by atoms with E-state index in [1.165, 1.54) is 276 Å². The zero-order chi connectivity index (χ0) is 50.0. The van der Waals surface area contributed by atoms with Gasteiger partial charge in [0.1, 0.15) is 0 Å². The summed E-state index contributed by atoms with van der Waals surface area (Å²) in [5, 5.41) is 23.1. The molecular formula is C63H123NO5. The molecule has 0 aromatic rings. The second kappa shape index (κ2) is 59.2. The molecule has 0 bridgehead atoms. The molecule has 2 atom stereocenters. The first-order valence-corrected chi connectivity index (χ1v) is 31.4. The minimum absolute atomic E-state index is 0.0108. The van der Waals surface area contributed by atoms with Gasteiger partial charge in [-0.15, -0.1) is 0 Å². The predicted molar refractivity (Wildman–Crippen MR) is 301 cm³/mol. The van der Waals surface area contributed by atoms with Crippen LogP contribution in [0.4, 0.5) is 0 Å². The Bertz CT molecular complexity index is 1030. The fourth-order valence-corrected chi connectivity index (χ4v) is 9.99. The minimum atomic E-state index is -0.658. The monoisotopic (exact) mass is 974 g/mol. The van der Waals surface area contributed by atoms with Crippen molar-refractivity contribution in [3.63, 3.8) is 0 Å². The van der Waals surface area contributed by atoms with Crippen molar-refractivity contribution in [1.29, 1.82) is 0 Å². The Balaban J connectivity index is 3.29. The average molecular weight is 975 g/mol. The smallest absolute Gasteiger partial charge is 0.305 e. The maximum Gasteiger partial charge on any atom is 0.305 e. The van der Waals surface area contributed by atoms with Crippen LogP contribution in [0.3, 0.4) is 0 Å². The Labute approximate surface area is 431 Å². The van der Waals surface area contributed by atoms with Crippen molar-refractivity contribution >= 4 is 11.9 Å². The van der Waals surface area contributed by atoms with E-state index in [4.69, 9.17) is 4.74 Å². The maximum atomic E-state index is 12.4. The zero-order valence-electron chi connectivity index (χ0n) is 46.8. The van der Waals surface area contributed by atoms with Crippen molar-refractivity contribution in [3.8, 4) is 0 Å². The first-order chi connectivity index (χ1) is 34.0. The summed E-state index contributed by atoms with van der Waals surface area (Å²) >= 11 is 0. The van der Waals surface area contributed by atoms with Gasteiger partial charge in [-0.2, -0.15) is 0 Å². The van der Waals surface area contributed by atoms with Gasteiger partial charge >= 0.3 is 5.97 Å². The van der Waals surface area contributed by atoms with Gasteiger partial charge in [0.2, 0.25) is 5.91 Å². The van der Waals surface area contributed by atoms with Crippen LogP contribution in [0.2, 0.25) is 0 Å². The Morgan fingerprint density at radius 1 is 0.391 bits per heavy atom. The van der Waals surface area contributed by atoms with Crippen LogP contribution in [0, 0.1) is 0 Å². The average Bonchev–Trinajstić information content (AvgIpc) is 3.35. The molecule has 0 aliphatic carbocycles. The number of carbonyl (C=O) groups is 2. The Kier molecular flexibility index (Phi) is 58.0. The molecule has 3 N–H and O–H groups in total. The van der Waals surface area contributed by atoms with Gasteiger partial charge in [-0.3, -0.25) is 9.59 Å². The number of hydrogen-bond acceptors (Lipinski definition) is 5. The lowest BCUT2D eigenvalue weighted by Gasteiger charge is -2.22. The van der Waals surface area contributed by atoms with Gasteiger partial charge in [-0.05, 0) is 51.4 Å². The summed E-state index contributed by atoms with van der Waals surface area (Å²) in [4.78, 5) is 24.4. The third kappa shape index (κ3) is 55.8. The van der Waals surface area contributed by atoms with Gasteiger partial charge in [0, 0.05) is 12.8 Å². The van der Waals surface area contributed by atoms with Crippen molar-refractivity contribution in [2.24, 2.45) is 0 Å². The lowest BCUT2D eigenvalue weighted by molar-refractivity contribution is -0.143. The first kappa shape index (κ1) is 67.6. The molecule has 0 fully saturated rings. The summed E-state index contributed by atoms with van der Waals surface area (Å²) in [7, 11) is 0. The van der Waals surface area contributed by atoms with Gasteiger partial charge in [0.05, 0.1) is 25.4 Å². The molecule has 0 aliphatic heterocycles. The van der Waals surface area contributed by atoms with Crippen LogP contribution in [-0.4, -0.2) is 47.4 Å². The van der Waals surface area contributed by atoms with E-state index in [2.05, 4.69) is 31.3 Å². The molecule has 410 valence electrons. The molecule has 0 heterocycles. The number of unbranched alkanes of at least 4 members (excludes halogenated alkanes) is 46. The fourth-order valence-electron chi connectivity index (χ4n) is 9.99. The predicted octanol–water partition coefficient (Wildman–Crippen LogP) is 19.6. The number of nitrogens with one attached hydrogen (secondary N) is 1. The van der Waals surface area contributed by atoms with Crippen molar-refractivity contribution < 1.29 is 24.5 Å². The number of hydrogen-bond donors (Lipinski definition) is 3. The molecule has 0 radical (unpaired) electrons. The zero-order valence-corrected chi connectivity index (χ0v) is 46.8. The van der Waals surface area contributed by atoms with Crippen LogP contribution in [0.25, 0.3) is 0 Å². The number of aliphatic hydroxyl groups excluding tert-OH is 2. The van der Waals surface area contributed by atoms with E-state index in [0.717, 1.165) is 44.9 Å². The molecule has 6 heteroatoms. The number of carbonyl (C=O) groups excluding carboxylic acids is 2. The third-order valence-corrected chi connectivity index (χ3v) is 14.8. The molecule has 69 heavy (non-hydrogen) atoms. The first-order valence-electron chi connectivity index (χ1n) is 31.4. The Hall–Kier alpha value is -1.40. The lowest BCUT2D eigenvalue weighted by atomic mass is 10.0. The number of allylic oxidation sites excluding steroid dienone is 2. The highest BCUT2D eigenvalue weighted by Crippen LogP contribution is 2.18. The fraction of sp³-hybridized carbons (Fsp3) is 0.937. The van der Waals surface area contributed by atoms with Crippen molar-refractivity contribution in [1.82, 2.24) is 5.32 Å². The van der Waals surface area contributed by atoms with E-state index in [1.807, 2.05) is 0 Å². The molecule has 6 nitrogen and oxygen atoms in total. The van der Waals surface area contributed by atoms with E-state index in [0.29, 0.717) is 25.9 Å². The Morgan fingerprint density at radius 3 is 1.06 bits per heavy atom. The summed E-state index contributed by atoms with van der Waals surface area (Å²) in [6.07, 6.45) is 71.1. The summed E-state index contributed by atoms with van der Waals surface area (Å²) in [6, 6.07) is -0.535. The van der Waals surface area contributed by atoms with Gasteiger partial charge in [0.15, 0.2) is 0 Å². The molecular weight excluding hydrogens is 851 g/mol. The second-order valence-corrected chi connectivity index (χ2v) is 21.7. The summed E-state index contributed by atoms with van der Waals surface area (Å²) in [5.74, 6) is -0.0208. The second-order valence-electron chi connectivity index (χ2n) is 21.7. The van der Waals surface area contributed by atoms with Crippen LogP contribution in [0.5, 0.6) is 0 Å². The van der Waals surface area contributed by atoms with Crippen LogP contribution in [-0.2, 0) is 14.3 Å². The molecule has 0 aromatic heterocycles. The van der Waals surface area contributed by atoms with E-state index in [1.54, 1.807) is 0 Å². The number of esters is 1. The van der Waals surface area contributed by atoms with Crippen LogP contribution in [0.1, 0.15) is 354 Å². The summed E-state index contributed by atoms with van der Waals surface area (Å²) in [6.45, 7) is 4.93. The molecule has 0 rings (SSSR count). The normalized spacial score (nSPS) is 12.6.